The first-order chi connectivity index (χ1) is 14.2. The number of rotatable bonds is 6. The Bertz CT molecular complexity index is 1170. The van der Waals surface area contributed by atoms with Gasteiger partial charge in [0.05, 0.1) is 11.4 Å². The standard InChI is InChI=1S/C20H16F4N6/c1-12-10-30-5-4-13(6-17(30)28-12)18-16(3-2-15(8-26)29-18)14(7-25)9-27-11-20(23,24)19(21)22/h2-7,9-10,19H,11,25H2,1H3. The molecule has 0 aliphatic rings. The molecule has 6 nitrogen and oxygen atoms in total. The van der Waals surface area contributed by atoms with Crippen LogP contribution in [0.1, 0.15) is 17.0 Å². The number of aryl methyl sites for hydroxylation is 1. The van der Waals surface area contributed by atoms with Gasteiger partial charge in [-0.2, -0.15) is 14.0 Å². The molecule has 3 rings (SSSR count). The zero-order valence-corrected chi connectivity index (χ0v) is 15.7. The maximum atomic E-state index is 13.1. The summed E-state index contributed by atoms with van der Waals surface area (Å²) in [6.07, 6.45) is 1.87. The van der Waals surface area contributed by atoms with Gasteiger partial charge >= 0.3 is 12.3 Å². The van der Waals surface area contributed by atoms with Crippen molar-refractivity contribution < 1.29 is 17.6 Å². The average Bonchev–Trinajstić information content (AvgIpc) is 3.10. The van der Waals surface area contributed by atoms with Crippen molar-refractivity contribution in [1.82, 2.24) is 14.4 Å². The highest BCUT2D eigenvalue weighted by Crippen LogP contribution is 2.28. The number of nitrogens with two attached hydrogens (primary N) is 1. The van der Waals surface area contributed by atoms with Crippen molar-refractivity contribution >= 4 is 17.4 Å². The maximum absolute atomic E-state index is 13.1. The number of nitrogens with zero attached hydrogens (tertiary/aromatic N) is 5. The predicted octanol–water partition coefficient (Wildman–Crippen LogP) is 3.85. The van der Waals surface area contributed by atoms with Gasteiger partial charge in [0, 0.05) is 41.5 Å². The Kier molecular flexibility index (Phi) is 5.82. The van der Waals surface area contributed by atoms with E-state index in [9.17, 15) is 22.8 Å². The first kappa shape index (κ1) is 21.0. The van der Waals surface area contributed by atoms with Crippen molar-refractivity contribution in [1.29, 1.82) is 5.26 Å². The summed E-state index contributed by atoms with van der Waals surface area (Å²) in [5.74, 6) is -4.24. The molecule has 0 amide bonds. The Morgan fingerprint density at radius 2 is 2.10 bits per heavy atom. The Balaban J connectivity index is 2.04. The number of fused-ring (bicyclic) bond motifs is 1. The molecule has 0 aromatic carbocycles. The number of hydrogen-bond acceptors (Lipinski definition) is 5. The fraction of sp³-hybridized carbons (Fsp3) is 0.200. The molecule has 0 spiro atoms. The molecule has 0 aliphatic heterocycles. The highest BCUT2D eigenvalue weighted by atomic mass is 19.3. The van der Waals surface area contributed by atoms with Crippen molar-refractivity contribution in [2.45, 2.75) is 19.3 Å². The van der Waals surface area contributed by atoms with E-state index in [1.54, 1.807) is 22.7 Å². The van der Waals surface area contributed by atoms with E-state index in [1.165, 1.54) is 12.1 Å². The number of aliphatic imine (C=N–C) groups is 1. The highest BCUT2D eigenvalue weighted by Gasteiger charge is 2.40. The predicted molar refractivity (Wildman–Crippen MR) is 104 cm³/mol. The van der Waals surface area contributed by atoms with E-state index in [-0.39, 0.29) is 11.3 Å². The number of allylic oxidation sites excluding steroid dienone is 1. The molecule has 10 heteroatoms. The van der Waals surface area contributed by atoms with Crippen LogP contribution in [-0.4, -0.2) is 39.5 Å². The summed E-state index contributed by atoms with van der Waals surface area (Å²) in [6, 6.07) is 8.41. The van der Waals surface area contributed by atoms with Crippen LogP contribution in [0.5, 0.6) is 0 Å². The molecule has 0 fully saturated rings. The summed E-state index contributed by atoms with van der Waals surface area (Å²) in [5.41, 5.74) is 8.74. The lowest BCUT2D eigenvalue weighted by Gasteiger charge is -2.13. The molecule has 3 aromatic rings. The summed E-state index contributed by atoms with van der Waals surface area (Å²) in [7, 11) is 0. The number of hydrogen-bond donors (Lipinski definition) is 1. The van der Waals surface area contributed by atoms with Gasteiger partial charge in [0.15, 0.2) is 0 Å². The molecular weight excluding hydrogens is 400 g/mol. The Morgan fingerprint density at radius 3 is 2.77 bits per heavy atom. The molecule has 0 atom stereocenters. The van der Waals surface area contributed by atoms with Gasteiger partial charge < -0.3 is 10.1 Å². The molecule has 2 N–H and O–H groups in total. The number of nitriles is 1. The van der Waals surface area contributed by atoms with Gasteiger partial charge in [0.25, 0.3) is 0 Å². The first-order valence-electron chi connectivity index (χ1n) is 8.70. The minimum absolute atomic E-state index is 0.130. The molecule has 0 unspecified atom stereocenters. The van der Waals surface area contributed by atoms with E-state index >= 15 is 0 Å². The van der Waals surface area contributed by atoms with Crippen LogP contribution in [0.15, 0.2) is 47.9 Å². The third-order valence-corrected chi connectivity index (χ3v) is 4.21. The van der Waals surface area contributed by atoms with Crippen LogP contribution in [-0.2, 0) is 0 Å². The smallest absolute Gasteiger partial charge is 0.326 e. The highest BCUT2D eigenvalue weighted by molar-refractivity contribution is 6.11. The summed E-state index contributed by atoms with van der Waals surface area (Å²) in [4.78, 5) is 12.1. The van der Waals surface area contributed by atoms with Crippen molar-refractivity contribution in [2.75, 3.05) is 6.54 Å². The number of halogens is 4. The maximum Gasteiger partial charge on any atom is 0.326 e. The molecular formula is C20H16F4N6. The third-order valence-electron chi connectivity index (χ3n) is 4.21. The van der Waals surface area contributed by atoms with Crippen molar-refractivity contribution in [3.63, 3.8) is 0 Å². The summed E-state index contributed by atoms with van der Waals surface area (Å²) in [5, 5.41) is 9.20. The van der Waals surface area contributed by atoms with Crippen LogP contribution in [0.25, 0.3) is 22.5 Å². The summed E-state index contributed by atoms with van der Waals surface area (Å²) < 4.78 is 52.7. The quantitative estimate of drug-likeness (QED) is 0.488. The van der Waals surface area contributed by atoms with Crippen LogP contribution < -0.4 is 5.73 Å². The van der Waals surface area contributed by atoms with Gasteiger partial charge in [-0.05, 0) is 31.2 Å². The van der Waals surface area contributed by atoms with Gasteiger partial charge in [0.2, 0.25) is 0 Å². The second kappa shape index (κ2) is 8.32. The van der Waals surface area contributed by atoms with E-state index in [2.05, 4.69) is 15.0 Å². The molecule has 0 bridgehead atoms. The lowest BCUT2D eigenvalue weighted by atomic mass is 10.0. The minimum atomic E-state index is -4.24. The van der Waals surface area contributed by atoms with E-state index < -0.39 is 18.9 Å². The molecule has 154 valence electrons. The van der Waals surface area contributed by atoms with Gasteiger partial charge in [-0.3, -0.25) is 4.99 Å². The van der Waals surface area contributed by atoms with Crippen LogP contribution in [0.4, 0.5) is 17.6 Å². The van der Waals surface area contributed by atoms with E-state index in [4.69, 9.17) is 5.73 Å². The molecule has 0 radical (unpaired) electrons. The van der Waals surface area contributed by atoms with Crippen molar-refractivity contribution in [2.24, 2.45) is 10.7 Å². The first-order valence-corrected chi connectivity index (χ1v) is 8.70. The van der Waals surface area contributed by atoms with Crippen LogP contribution in [0, 0.1) is 18.3 Å². The molecule has 0 saturated heterocycles. The monoisotopic (exact) mass is 416 g/mol. The Hall–Kier alpha value is -3.74. The zero-order chi connectivity index (χ0) is 21.9. The fourth-order valence-electron chi connectivity index (χ4n) is 2.77. The van der Waals surface area contributed by atoms with Crippen LogP contribution in [0.2, 0.25) is 0 Å². The lowest BCUT2D eigenvalue weighted by Crippen LogP contribution is -2.29. The SMILES string of the molecule is Cc1cn2ccc(-c3nc(C#N)ccc3C(C=NCC(F)(F)C(F)F)=CN)cc2n1. The minimum Gasteiger partial charge on any atom is -0.404 e. The van der Waals surface area contributed by atoms with Gasteiger partial charge in [-0.1, -0.05) is 0 Å². The number of aromatic nitrogens is 3. The van der Waals surface area contributed by atoms with Gasteiger partial charge in [0.1, 0.15) is 24.0 Å². The average molecular weight is 416 g/mol. The summed E-state index contributed by atoms with van der Waals surface area (Å²) >= 11 is 0. The van der Waals surface area contributed by atoms with Crippen molar-refractivity contribution in [3.8, 4) is 17.3 Å². The number of pyridine rings is 2. The van der Waals surface area contributed by atoms with Crippen LogP contribution in [0.3, 0.4) is 0 Å². The topological polar surface area (TPSA) is 92.4 Å². The summed E-state index contributed by atoms with van der Waals surface area (Å²) in [6.45, 7) is 0.452. The lowest BCUT2D eigenvalue weighted by molar-refractivity contribution is -0.119. The Morgan fingerprint density at radius 1 is 1.33 bits per heavy atom. The zero-order valence-electron chi connectivity index (χ0n) is 15.7. The van der Waals surface area contributed by atoms with Gasteiger partial charge in [-0.25, -0.2) is 18.7 Å². The Labute approximate surface area is 169 Å². The molecule has 0 aliphatic carbocycles. The molecule has 0 saturated carbocycles. The molecule has 3 aromatic heterocycles. The largest absolute Gasteiger partial charge is 0.404 e. The fourth-order valence-corrected chi connectivity index (χ4v) is 2.77. The molecule has 30 heavy (non-hydrogen) atoms. The number of imidazole rings is 1. The van der Waals surface area contributed by atoms with E-state index in [0.717, 1.165) is 18.1 Å². The van der Waals surface area contributed by atoms with Crippen LogP contribution >= 0.6 is 0 Å². The van der Waals surface area contributed by atoms with Crippen molar-refractivity contribution in [3.05, 3.63) is 59.8 Å². The van der Waals surface area contributed by atoms with E-state index in [0.29, 0.717) is 22.5 Å². The second-order valence-electron chi connectivity index (χ2n) is 6.42. The number of alkyl halides is 4. The molecule has 3 heterocycles. The van der Waals surface area contributed by atoms with E-state index in [1.807, 2.05) is 19.2 Å². The van der Waals surface area contributed by atoms with Gasteiger partial charge in [-0.15, -0.1) is 0 Å². The normalized spacial score (nSPS) is 12.8. The third kappa shape index (κ3) is 4.30. The second-order valence-corrected chi connectivity index (χ2v) is 6.42.